The molecule has 4 nitrogen and oxygen atoms in total. The Morgan fingerprint density at radius 2 is 0.739 bits per heavy atom. The third-order valence-corrected chi connectivity index (χ3v) is 4.26. The molecule has 0 unspecified atom stereocenters. The van der Waals surface area contributed by atoms with E-state index in [0.29, 0.717) is 17.2 Å². The molecule has 0 fully saturated rings. The van der Waals surface area contributed by atoms with Crippen LogP contribution in [0.15, 0.2) is 91.0 Å². The molecule has 5 heteroatoms. The summed E-state index contributed by atoms with van der Waals surface area (Å²) in [5.74, 6) is 1.59. The highest BCUT2D eigenvalue weighted by molar-refractivity contribution is 7.51. The maximum Gasteiger partial charge on any atom is 0.520 e. The van der Waals surface area contributed by atoms with E-state index in [1.165, 1.54) is 0 Å². The third-order valence-electron chi connectivity index (χ3n) is 2.91. The smallest absolute Gasteiger partial charge is 0.401 e. The molecule has 3 aromatic carbocycles. The average molecular weight is 325 g/mol. The molecule has 3 aromatic rings. The average Bonchev–Trinajstić information content (AvgIpc) is 2.57. The van der Waals surface area contributed by atoms with Crippen molar-refractivity contribution in [3.63, 3.8) is 0 Å². The van der Waals surface area contributed by atoms with Crippen LogP contribution in [-0.2, 0) is 0 Å². The Labute approximate surface area is 135 Å². The molecular weight excluding hydrogens is 309 g/mol. The lowest BCUT2D eigenvalue weighted by Gasteiger charge is -2.22. The molecule has 0 aliphatic carbocycles. The van der Waals surface area contributed by atoms with Gasteiger partial charge in [-0.05, 0) is 36.4 Å². The van der Waals surface area contributed by atoms with Crippen LogP contribution in [0.3, 0.4) is 0 Å². The molecule has 1 N–H and O–H groups in total. The fraction of sp³-hybridized carbons (Fsp3) is 0. The topological polar surface area (TPSA) is 51.5 Å². The van der Waals surface area contributed by atoms with Gasteiger partial charge in [0.2, 0.25) is 0 Å². The molecule has 0 aromatic heterocycles. The molecule has 0 spiro atoms. The van der Waals surface area contributed by atoms with Crippen LogP contribution in [0.2, 0.25) is 0 Å². The van der Waals surface area contributed by atoms with Gasteiger partial charge in [-0.25, -0.2) is 5.16 Å². The number of rotatable bonds is 6. The number of benzene rings is 3. The monoisotopic (exact) mass is 325 g/mol. The zero-order chi connectivity index (χ0) is 16.0. The SMILES string of the molecule is N=P(Oc1ccccc1)(Oc1ccccc1)Oc1ccccc1. The standard InChI is InChI=1S/C18H16NO3P/c19-23(20-16-10-4-1-5-11-16,21-17-12-6-2-7-13-17)22-18-14-8-3-9-15-18/h1-15,19H. The van der Waals surface area contributed by atoms with Crippen molar-refractivity contribution in [1.82, 2.24) is 0 Å². The fourth-order valence-corrected chi connectivity index (χ4v) is 3.23. The van der Waals surface area contributed by atoms with Crippen molar-refractivity contribution in [3.05, 3.63) is 91.0 Å². The Morgan fingerprint density at radius 1 is 0.478 bits per heavy atom. The summed E-state index contributed by atoms with van der Waals surface area (Å²) in [5.41, 5.74) is 0. The van der Waals surface area contributed by atoms with E-state index in [1.54, 1.807) is 36.4 Å². The third kappa shape index (κ3) is 4.38. The summed E-state index contributed by atoms with van der Waals surface area (Å²) in [6.07, 6.45) is 0. The van der Waals surface area contributed by atoms with E-state index in [2.05, 4.69) is 0 Å². The molecule has 3 rings (SSSR count). The maximum atomic E-state index is 8.58. The summed E-state index contributed by atoms with van der Waals surface area (Å²) in [7, 11) is -3.39. The van der Waals surface area contributed by atoms with Crippen molar-refractivity contribution in [3.8, 4) is 17.2 Å². The van der Waals surface area contributed by atoms with E-state index < -0.39 is 7.74 Å². The molecule has 0 radical (unpaired) electrons. The maximum absolute atomic E-state index is 8.58. The van der Waals surface area contributed by atoms with Crippen LogP contribution >= 0.6 is 7.74 Å². The van der Waals surface area contributed by atoms with Gasteiger partial charge in [0, 0.05) is 0 Å². The summed E-state index contributed by atoms with van der Waals surface area (Å²) in [6, 6.07) is 27.3. The Bertz CT molecular complexity index is 671. The van der Waals surface area contributed by atoms with Crippen molar-refractivity contribution < 1.29 is 13.6 Å². The minimum absolute atomic E-state index is 0.530. The molecule has 0 heterocycles. The minimum atomic E-state index is -3.39. The van der Waals surface area contributed by atoms with Crippen molar-refractivity contribution in [2.75, 3.05) is 0 Å². The summed E-state index contributed by atoms with van der Waals surface area (Å²) in [4.78, 5) is 0. The van der Waals surface area contributed by atoms with Crippen molar-refractivity contribution in [1.29, 1.82) is 5.16 Å². The quantitative estimate of drug-likeness (QED) is 0.587. The lowest BCUT2D eigenvalue weighted by molar-refractivity contribution is 0.366. The van der Waals surface area contributed by atoms with Crippen molar-refractivity contribution in [2.24, 2.45) is 0 Å². The molecular formula is C18H16NO3P. The van der Waals surface area contributed by atoms with Crippen LogP contribution in [0.4, 0.5) is 0 Å². The zero-order valence-electron chi connectivity index (χ0n) is 12.3. The fourth-order valence-electron chi connectivity index (χ4n) is 1.92. The Morgan fingerprint density at radius 3 is 1.00 bits per heavy atom. The Balaban J connectivity index is 1.87. The van der Waals surface area contributed by atoms with Gasteiger partial charge in [0.25, 0.3) is 0 Å². The van der Waals surface area contributed by atoms with Crippen molar-refractivity contribution in [2.45, 2.75) is 0 Å². The van der Waals surface area contributed by atoms with Gasteiger partial charge in [0.1, 0.15) is 17.2 Å². The van der Waals surface area contributed by atoms with Crippen LogP contribution in [0.1, 0.15) is 0 Å². The Hall–Kier alpha value is -2.71. The van der Waals surface area contributed by atoms with Crippen LogP contribution in [-0.4, -0.2) is 0 Å². The molecule has 116 valence electrons. The zero-order valence-corrected chi connectivity index (χ0v) is 13.2. The first kappa shape index (κ1) is 15.2. The normalized spacial score (nSPS) is 10.8. The minimum Gasteiger partial charge on any atom is -0.401 e. The van der Waals surface area contributed by atoms with Gasteiger partial charge in [-0.2, -0.15) is 0 Å². The lowest BCUT2D eigenvalue weighted by Crippen LogP contribution is -2.06. The first-order chi connectivity index (χ1) is 11.2. The van der Waals surface area contributed by atoms with Gasteiger partial charge < -0.3 is 13.6 Å². The van der Waals surface area contributed by atoms with Gasteiger partial charge in [-0.15, -0.1) is 0 Å². The van der Waals surface area contributed by atoms with E-state index in [-0.39, 0.29) is 0 Å². The molecule has 23 heavy (non-hydrogen) atoms. The summed E-state index contributed by atoms with van der Waals surface area (Å²) >= 11 is 0. The number of hydrogen-bond acceptors (Lipinski definition) is 4. The van der Waals surface area contributed by atoms with E-state index in [4.69, 9.17) is 18.7 Å². The summed E-state index contributed by atoms with van der Waals surface area (Å²) < 4.78 is 17.2. The number of nitrogens with one attached hydrogen (secondary N) is 1. The van der Waals surface area contributed by atoms with Gasteiger partial charge >= 0.3 is 7.74 Å². The molecule has 0 bridgehead atoms. The van der Waals surface area contributed by atoms with E-state index in [1.807, 2.05) is 54.6 Å². The highest BCUT2D eigenvalue weighted by Crippen LogP contribution is 2.50. The number of para-hydroxylation sites is 3. The van der Waals surface area contributed by atoms with Crippen LogP contribution in [0.5, 0.6) is 17.2 Å². The molecule has 0 atom stereocenters. The Kier molecular flexibility index (Phi) is 4.65. The predicted octanol–water partition coefficient (Wildman–Crippen LogP) is 5.75. The second kappa shape index (κ2) is 7.03. The summed E-state index contributed by atoms with van der Waals surface area (Å²) in [6.45, 7) is 0. The second-order valence-corrected chi connectivity index (χ2v) is 6.25. The number of hydrogen-bond donors (Lipinski definition) is 1. The van der Waals surface area contributed by atoms with Crippen LogP contribution < -0.4 is 13.6 Å². The first-order valence-electron chi connectivity index (χ1n) is 7.12. The molecule has 0 aliphatic rings. The van der Waals surface area contributed by atoms with Crippen LogP contribution in [0.25, 0.3) is 0 Å². The first-order valence-corrected chi connectivity index (χ1v) is 8.66. The van der Waals surface area contributed by atoms with Gasteiger partial charge in [-0.1, -0.05) is 54.6 Å². The lowest BCUT2D eigenvalue weighted by atomic mass is 10.3. The highest BCUT2D eigenvalue weighted by Gasteiger charge is 2.27. The molecule has 0 amide bonds. The summed E-state index contributed by atoms with van der Waals surface area (Å²) in [5, 5.41) is 8.58. The largest absolute Gasteiger partial charge is 0.520 e. The van der Waals surface area contributed by atoms with Gasteiger partial charge in [0.15, 0.2) is 0 Å². The van der Waals surface area contributed by atoms with E-state index in [0.717, 1.165) is 0 Å². The molecule has 0 aliphatic heterocycles. The molecule has 0 saturated heterocycles. The van der Waals surface area contributed by atoms with Crippen molar-refractivity contribution >= 4 is 7.74 Å². The van der Waals surface area contributed by atoms with Crippen LogP contribution in [0, 0.1) is 5.16 Å². The molecule has 0 saturated carbocycles. The van der Waals surface area contributed by atoms with E-state index in [9.17, 15) is 0 Å². The second-order valence-electron chi connectivity index (χ2n) is 4.71. The highest BCUT2D eigenvalue weighted by atomic mass is 31.2. The van der Waals surface area contributed by atoms with E-state index >= 15 is 0 Å². The van der Waals surface area contributed by atoms with Gasteiger partial charge in [0.05, 0.1) is 0 Å². The van der Waals surface area contributed by atoms with Gasteiger partial charge in [-0.3, -0.25) is 0 Å². The predicted molar refractivity (Wildman–Crippen MR) is 90.8 cm³/mol.